The zero-order chi connectivity index (χ0) is 13.8. The predicted octanol–water partition coefficient (Wildman–Crippen LogP) is 3.41. The van der Waals surface area contributed by atoms with Crippen LogP contribution in [0.15, 0.2) is 42.5 Å². The van der Waals surface area contributed by atoms with Crippen LogP contribution in [0.5, 0.6) is 0 Å². The number of rotatable bonds is 3. The van der Waals surface area contributed by atoms with Crippen molar-refractivity contribution in [1.82, 2.24) is 0 Å². The van der Waals surface area contributed by atoms with Gasteiger partial charge in [0.25, 0.3) is 0 Å². The summed E-state index contributed by atoms with van der Waals surface area (Å²) in [6.45, 7) is 2.01. The van der Waals surface area contributed by atoms with Crippen LogP contribution in [-0.2, 0) is 11.2 Å². The zero-order valence-corrected chi connectivity index (χ0v) is 11.4. The molecular formula is C15H15ClN2O. The molecule has 0 fully saturated rings. The molecule has 4 heteroatoms. The third kappa shape index (κ3) is 3.73. The van der Waals surface area contributed by atoms with Crippen LogP contribution in [0, 0.1) is 6.92 Å². The largest absolute Gasteiger partial charge is 0.397 e. The molecule has 3 N–H and O–H groups in total. The monoisotopic (exact) mass is 274 g/mol. The molecule has 0 aliphatic heterocycles. The SMILES string of the molecule is Cc1ccc(CC(=O)Nc2ccc(Cl)cc2N)cc1. The number of hydrogen-bond donors (Lipinski definition) is 2. The second-order valence-electron chi connectivity index (χ2n) is 4.44. The fourth-order valence-electron chi connectivity index (χ4n) is 1.73. The molecule has 0 saturated carbocycles. The van der Waals surface area contributed by atoms with E-state index in [-0.39, 0.29) is 5.91 Å². The van der Waals surface area contributed by atoms with Crippen LogP contribution in [-0.4, -0.2) is 5.91 Å². The molecule has 2 aromatic carbocycles. The third-order valence-electron chi connectivity index (χ3n) is 2.77. The molecule has 2 aromatic rings. The highest BCUT2D eigenvalue weighted by atomic mass is 35.5. The highest BCUT2D eigenvalue weighted by Crippen LogP contribution is 2.22. The van der Waals surface area contributed by atoms with Gasteiger partial charge in [-0.15, -0.1) is 0 Å². The summed E-state index contributed by atoms with van der Waals surface area (Å²) in [5.41, 5.74) is 8.97. The molecule has 0 heterocycles. The molecule has 0 radical (unpaired) electrons. The van der Waals surface area contributed by atoms with Crippen LogP contribution in [0.4, 0.5) is 11.4 Å². The lowest BCUT2D eigenvalue weighted by molar-refractivity contribution is -0.115. The number of nitrogens with one attached hydrogen (secondary N) is 1. The van der Waals surface area contributed by atoms with Crippen molar-refractivity contribution in [1.29, 1.82) is 0 Å². The van der Waals surface area contributed by atoms with Crippen molar-refractivity contribution >= 4 is 28.9 Å². The minimum absolute atomic E-state index is 0.0992. The van der Waals surface area contributed by atoms with E-state index in [9.17, 15) is 4.79 Å². The summed E-state index contributed by atoms with van der Waals surface area (Å²) in [4.78, 5) is 11.9. The van der Waals surface area contributed by atoms with Gasteiger partial charge in [-0.3, -0.25) is 4.79 Å². The Morgan fingerprint density at radius 2 is 1.89 bits per heavy atom. The van der Waals surface area contributed by atoms with Gasteiger partial charge in [0.05, 0.1) is 17.8 Å². The first-order chi connectivity index (χ1) is 9.04. The maximum absolute atomic E-state index is 11.9. The minimum Gasteiger partial charge on any atom is -0.397 e. The van der Waals surface area contributed by atoms with E-state index in [0.717, 1.165) is 5.56 Å². The van der Waals surface area contributed by atoms with Crippen molar-refractivity contribution in [2.45, 2.75) is 13.3 Å². The standard InChI is InChI=1S/C15H15ClN2O/c1-10-2-4-11(5-3-10)8-15(19)18-14-7-6-12(16)9-13(14)17/h2-7,9H,8,17H2,1H3,(H,18,19). The number of carbonyl (C=O) groups excluding carboxylic acids is 1. The van der Waals surface area contributed by atoms with E-state index in [2.05, 4.69) is 5.32 Å². The van der Waals surface area contributed by atoms with Crippen LogP contribution < -0.4 is 11.1 Å². The summed E-state index contributed by atoms with van der Waals surface area (Å²) in [5.74, 6) is -0.0992. The molecule has 0 aliphatic carbocycles. The van der Waals surface area contributed by atoms with Gasteiger partial charge in [0.1, 0.15) is 0 Å². The number of benzene rings is 2. The number of hydrogen-bond acceptors (Lipinski definition) is 2. The van der Waals surface area contributed by atoms with Crippen molar-refractivity contribution in [3.63, 3.8) is 0 Å². The van der Waals surface area contributed by atoms with E-state index in [1.54, 1.807) is 18.2 Å². The molecule has 0 saturated heterocycles. The van der Waals surface area contributed by atoms with Gasteiger partial charge in [0.2, 0.25) is 5.91 Å². The first-order valence-corrected chi connectivity index (χ1v) is 6.33. The molecule has 0 unspecified atom stereocenters. The Labute approximate surface area is 117 Å². The Bertz CT molecular complexity index is 594. The number of nitrogens with two attached hydrogens (primary N) is 1. The lowest BCUT2D eigenvalue weighted by Crippen LogP contribution is -2.15. The maximum atomic E-state index is 11.9. The summed E-state index contributed by atoms with van der Waals surface area (Å²) < 4.78 is 0. The first-order valence-electron chi connectivity index (χ1n) is 5.95. The Morgan fingerprint density at radius 1 is 1.21 bits per heavy atom. The van der Waals surface area contributed by atoms with Crippen molar-refractivity contribution in [3.05, 3.63) is 58.6 Å². The van der Waals surface area contributed by atoms with Crippen LogP contribution >= 0.6 is 11.6 Å². The number of nitrogen functional groups attached to an aromatic ring is 1. The number of aryl methyl sites for hydroxylation is 1. The number of halogens is 1. The fourth-order valence-corrected chi connectivity index (χ4v) is 1.91. The zero-order valence-electron chi connectivity index (χ0n) is 10.6. The van der Waals surface area contributed by atoms with Gasteiger partial charge in [0.15, 0.2) is 0 Å². The highest BCUT2D eigenvalue weighted by Gasteiger charge is 2.06. The first kappa shape index (κ1) is 13.4. The van der Waals surface area contributed by atoms with Gasteiger partial charge < -0.3 is 11.1 Å². The van der Waals surface area contributed by atoms with E-state index in [4.69, 9.17) is 17.3 Å². The number of amides is 1. The molecular weight excluding hydrogens is 260 g/mol. The van der Waals surface area contributed by atoms with Crippen LogP contribution in [0.1, 0.15) is 11.1 Å². The van der Waals surface area contributed by atoms with Gasteiger partial charge >= 0.3 is 0 Å². The molecule has 1 amide bonds. The van der Waals surface area contributed by atoms with E-state index in [0.29, 0.717) is 22.8 Å². The molecule has 3 nitrogen and oxygen atoms in total. The van der Waals surface area contributed by atoms with Crippen molar-refractivity contribution in [2.75, 3.05) is 11.1 Å². The average Bonchev–Trinajstić information content (AvgIpc) is 2.36. The van der Waals surface area contributed by atoms with Crippen LogP contribution in [0.25, 0.3) is 0 Å². The summed E-state index contributed by atoms with van der Waals surface area (Å²) in [6, 6.07) is 12.9. The molecule has 0 aromatic heterocycles. The fraction of sp³-hybridized carbons (Fsp3) is 0.133. The molecule has 98 valence electrons. The Morgan fingerprint density at radius 3 is 2.53 bits per heavy atom. The van der Waals surface area contributed by atoms with Crippen molar-refractivity contribution < 1.29 is 4.79 Å². The second-order valence-corrected chi connectivity index (χ2v) is 4.88. The smallest absolute Gasteiger partial charge is 0.228 e. The molecule has 0 aliphatic rings. The molecule has 2 rings (SSSR count). The molecule has 0 spiro atoms. The number of carbonyl (C=O) groups is 1. The molecule has 19 heavy (non-hydrogen) atoms. The quantitative estimate of drug-likeness (QED) is 0.843. The van der Waals surface area contributed by atoms with E-state index >= 15 is 0 Å². The molecule has 0 bridgehead atoms. The summed E-state index contributed by atoms with van der Waals surface area (Å²) in [7, 11) is 0. The second kappa shape index (κ2) is 5.76. The van der Waals surface area contributed by atoms with Crippen LogP contribution in [0.2, 0.25) is 5.02 Å². The van der Waals surface area contributed by atoms with E-state index < -0.39 is 0 Å². The number of anilines is 2. The Kier molecular flexibility index (Phi) is 4.07. The average molecular weight is 275 g/mol. The van der Waals surface area contributed by atoms with E-state index in [1.165, 1.54) is 5.56 Å². The summed E-state index contributed by atoms with van der Waals surface area (Å²) in [6.07, 6.45) is 0.322. The summed E-state index contributed by atoms with van der Waals surface area (Å²) in [5, 5.41) is 3.33. The third-order valence-corrected chi connectivity index (χ3v) is 3.01. The van der Waals surface area contributed by atoms with Crippen molar-refractivity contribution in [2.24, 2.45) is 0 Å². The lowest BCUT2D eigenvalue weighted by Gasteiger charge is -2.08. The molecule has 0 atom stereocenters. The maximum Gasteiger partial charge on any atom is 0.228 e. The Hall–Kier alpha value is -2.00. The van der Waals surface area contributed by atoms with E-state index in [1.807, 2.05) is 31.2 Å². The van der Waals surface area contributed by atoms with Crippen LogP contribution in [0.3, 0.4) is 0 Å². The summed E-state index contributed by atoms with van der Waals surface area (Å²) >= 11 is 5.81. The lowest BCUT2D eigenvalue weighted by atomic mass is 10.1. The van der Waals surface area contributed by atoms with Gasteiger partial charge in [-0.05, 0) is 30.7 Å². The van der Waals surface area contributed by atoms with Gasteiger partial charge in [0, 0.05) is 5.02 Å². The van der Waals surface area contributed by atoms with Gasteiger partial charge in [-0.2, -0.15) is 0 Å². The normalized spacial score (nSPS) is 10.2. The predicted molar refractivity (Wildman–Crippen MR) is 79.4 cm³/mol. The highest BCUT2D eigenvalue weighted by molar-refractivity contribution is 6.31. The van der Waals surface area contributed by atoms with Gasteiger partial charge in [-0.25, -0.2) is 0 Å². The Balaban J connectivity index is 2.03. The van der Waals surface area contributed by atoms with Crippen molar-refractivity contribution in [3.8, 4) is 0 Å². The van der Waals surface area contributed by atoms with Gasteiger partial charge in [-0.1, -0.05) is 41.4 Å². The minimum atomic E-state index is -0.0992. The topological polar surface area (TPSA) is 55.1 Å².